The summed E-state index contributed by atoms with van der Waals surface area (Å²) in [6.07, 6.45) is 0. The molecule has 0 aliphatic rings. The molecule has 3 heteroatoms. The van der Waals surface area contributed by atoms with E-state index in [0.29, 0.717) is 6.54 Å². The fraction of sp³-hybridized carbons (Fsp3) is 0.111. The van der Waals surface area contributed by atoms with Crippen LogP contribution < -0.4 is 5.73 Å². The van der Waals surface area contributed by atoms with E-state index in [2.05, 4.69) is 15.9 Å². The highest BCUT2D eigenvalue weighted by Gasteiger charge is 2.04. The highest BCUT2D eigenvalue weighted by Crippen LogP contribution is 2.25. The summed E-state index contributed by atoms with van der Waals surface area (Å²) in [5.74, 6) is 0. The second-order valence-electron chi connectivity index (χ2n) is 2.59. The molecule has 0 amide bonds. The van der Waals surface area contributed by atoms with E-state index >= 15 is 0 Å². The van der Waals surface area contributed by atoms with Crippen LogP contribution in [-0.2, 0) is 6.54 Å². The largest absolute Gasteiger partial charge is 0.449 e. The summed E-state index contributed by atoms with van der Waals surface area (Å²) in [5, 5.41) is 1.09. The van der Waals surface area contributed by atoms with Gasteiger partial charge in [-0.25, -0.2) is 0 Å². The van der Waals surface area contributed by atoms with Crippen molar-refractivity contribution in [2.75, 3.05) is 0 Å². The molecular formula is C9H8BrNO. The van der Waals surface area contributed by atoms with E-state index in [1.165, 1.54) is 0 Å². The predicted molar refractivity (Wildman–Crippen MR) is 51.8 cm³/mol. The van der Waals surface area contributed by atoms with Crippen molar-refractivity contribution in [1.82, 2.24) is 0 Å². The third-order valence-corrected chi connectivity index (χ3v) is 2.21. The molecule has 1 aromatic heterocycles. The van der Waals surface area contributed by atoms with Gasteiger partial charge < -0.3 is 10.2 Å². The van der Waals surface area contributed by atoms with Gasteiger partial charge >= 0.3 is 0 Å². The van der Waals surface area contributed by atoms with Crippen molar-refractivity contribution in [3.63, 3.8) is 0 Å². The predicted octanol–water partition coefficient (Wildman–Crippen LogP) is 2.65. The van der Waals surface area contributed by atoms with Crippen molar-refractivity contribution in [2.45, 2.75) is 6.54 Å². The zero-order chi connectivity index (χ0) is 8.55. The Hall–Kier alpha value is -0.800. The quantitative estimate of drug-likeness (QED) is 0.811. The van der Waals surface area contributed by atoms with Crippen molar-refractivity contribution in [2.24, 2.45) is 5.73 Å². The number of nitrogens with two attached hydrogens (primary N) is 1. The molecule has 1 aromatic carbocycles. The van der Waals surface area contributed by atoms with Crippen LogP contribution in [0.25, 0.3) is 11.0 Å². The Morgan fingerprint density at radius 3 is 3.00 bits per heavy atom. The lowest BCUT2D eigenvalue weighted by molar-refractivity contribution is 0.583. The topological polar surface area (TPSA) is 39.2 Å². The van der Waals surface area contributed by atoms with Gasteiger partial charge in [0, 0.05) is 17.5 Å². The molecular weight excluding hydrogens is 218 g/mol. The average Bonchev–Trinajstić information content (AvgIpc) is 2.44. The Morgan fingerprint density at radius 1 is 1.42 bits per heavy atom. The Morgan fingerprint density at radius 2 is 2.25 bits per heavy atom. The average molecular weight is 226 g/mol. The number of hydrogen-bond acceptors (Lipinski definition) is 2. The molecule has 12 heavy (non-hydrogen) atoms. The van der Waals surface area contributed by atoms with Gasteiger partial charge in [0.05, 0.1) is 0 Å². The Bertz CT molecular complexity index is 408. The zero-order valence-electron chi connectivity index (χ0n) is 6.38. The molecule has 0 atom stereocenters. The summed E-state index contributed by atoms with van der Waals surface area (Å²) in [5.41, 5.74) is 7.47. The maximum absolute atomic E-state index is 5.55. The standard InChI is InChI=1S/C9H8BrNO/c10-8-4-6-2-1-3-7(5-11)9(6)12-8/h1-4H,5,11H2. The smallest absolute Gasteiger partial charge is 0.170 e. The fourth-order valence-corrected chi connectivity index (χ4v) is 1.66. The molecule has 2 aromatic rings. The Balaban J connectivity index is 2.78. The van der Waals surface area contributed by atoms with Gasteiger partial charge in [0.2, 0.25) is 0 Å². The van der Waals surface area contributed by atoms with Crippen molar-refractivity contribution in [3.05, 3.63) is 34.5 Å². The molecule has 0 aliphatic carbocycles. The molecule has 2 N–H and O–H groups in total. The third-order valence-electron chi connectivity index (χ3n) is 1.82. The van der Waals surface area contributed by atoms with Gasteiger partial charge in [-0.3, -0.25) is 0 Å². The van der Waals surface area contributed by atoms with Crippen LogP contribution in [0, 0.1) is 0 Å². The van der Waals surface area contributed by atoms with Crippen LogP contribution in [0.5, 0.6) is 0 Å². The maximum Gasteiger partial charge on any atom is 0.170 e. The monoisotopic (exact) mass is 225 g/mol. The molecule has 0 fully saturated rings. The number of halogens is 1. The van der Waals surface area contributed by atoms with E-state index in [9.17, 15) is 0 Å². The second kappa shape index (κ2) is 2.92. The molecule has 62 valence electrons. The van der Waals surface area contributed by atoms with Crippen molar-refractivity contribution in [1.29, 1.82) is 0 Å². The van der Waals surface area contributed by atoms with E-state index in [4.69, 9.17) is 10.2 Å². The normalized spacial score (nSPS) is 10.8. The van der Waals surface area contributed by atoms with E-state index in [0.717, 1.165) is 21.2 Å². The highest BCUT2D eigenvalue weighted by atomic mass is 79.9. The van der Waals surface area contributed by atoms with Gasteiger partial charge in [-0.15, -0.1) is 0 Å². The minimum Gasteiger partial charge on any atom is -0.449 e. The van der Waals surface area contributed by atoms with Crippen LogP contribution in [0.1, 0.15) is 5.56 Å². The zero-order valence-corrected chi connectivity index (χ0v) is 7.97. The molecule has 0 aliphatic heterocycles. The summed E-state index contributed by atoms with van der Waals surface area (Å²) in [6.45, 7) is 0.511. The molecule has 0 radical (unpaired) electrons. The first-order chi connectivity index (χ1) is 5.81. The van der Waals surface area contributed by atoms with Crippen molar-refractivity contribution in [3.8, 4) is 0 Å². The minimum atomic E-state index is 0.511. The molecule has 0 bridgehead atoms. The van der Waals surface area contributed by atoms with E-state index < -0.39 is 0 Å². The molecule has 0 saturated carbocycles. The highest BCUT2D eigenvalue weighted by molar-refractivity contribution is 9.10. The molecule has 1 heterocycles. The lowest BCUT2D eigenvalue weighted by Crippen LogP contribution is -1.95. The van der Waals surface area contributed by atoms with Gasteiger partial charge in [0.25, 0.3) is 0 Å². The van der Waals surface area contributed by atoms with E-state index in [-0.39, 0.29) is 0 Å². The molecule has 0 unspecified atom stereocenters. The van der Waals surface area contributed by atoms with Crippen molar-refractivity contribution < 1.29 is 4.42 Å². The number of benzene rings is 1. The van der Waals surface area contributed by atoms with Gasteiger partial charge in [-0.2, -0.15) is 0 Å². The van der Waals surface area contributed by atoms with E-state index in [1.54, 1.807) is 0 Å². The van der Waals surface area contributed by atoms with Crippen LogP contribution in [0.3, 0.4) is 0 Å². The first kappa shape index (κ1) is 7.83. The fourth-order valence-electron chi connectivity index (χ4n) is 1.25. The van der Waals surface area contributed by atoms with Crippen LogP contribution in [0.4, 0.5) is 0 Å². The molecule has 0 spiro atoms. The first-order valence-corrected chi connectivity index (χ1v) is 4.47. The first-order valence-electron chi connectivity index (χ1n) is 3.68. The second-order valence-corrected chi connectivity index (χ2v) is 3.37. The molecule has 2 nitrogen and oxygen atoms in total. The van der Waals surface area contributed by atoms with Crippen LogP contribution in [0.2, 0.25) is 0 Å². The van der Waals surface area contributed by atoms with Crippen LogP contribution in [-0.4, -0.2) is 0 Å². The summed E-state index contributed by atoms with van der Waals surface area (Å²) >= 11 is 3.28. The van der Waals surface area contributed by atoms with Crippen LogP contribution >= 0.6 is 15.9 Å². The number of fused-ring (bicyclic) bond motifs is 1. The number of furan rings is 1. The number of para-hydroxylation sites is 1. The molecule has 2 rings (SSSR count). The lowest BCUT2D eigenvalue weighted by Gasteiger charge is -1.95. The van der Waals surface area contributed by atoms with Crippen molar-refractivity contribution >= 4 is 26.9 Å². The third kappa shape index (κ3) is 1.15. The van der Waals surface area contributed by atoms with Gasteiger partial charge in [0.15, 0.2) is 4.67 Å². The minimum absolute atomic E-state index is 0.511. The SMILES string of the molecule is NCc1cccc2cc(Br)oc12. The summed E-state index contributed by atoms with van der Waals surface area (Å²) in [4.78, 5) is 0. The van der Waals surface area contributed by atoms with Gasteiger partial charge in [0.1, 0.15) is 5.58 Å². The Labute approximate surface area is 78.5 Å². The van der Waals surface area contributed by atoms with Crippen LogP contribution in [0.15, 0.2) is 33.4 Å². The summed E-state index contributed by atoms with van der Waals surface area (Å²) in [6, 6.07) is 7.89. The number of rotatable bonds is 1. The van der Waals surface area contributed by atoms with Gasteiger partial charge in [-0.1, -0.05) is 18.2 Å². The number of hydrogen-bond donors (Lipinski definition) is 1. The lowest BCUT2D eigenvalue weighted by atomic mass is 10.1. The molecule has 0 saturated heterocycles. The van der Waals surface area contributed by atoms with Gasteiger partial charge in [-0.05, 0) is 22.0 Å². The summed E-state index contributed by atoms with van der Waals surface area (Å²) in [7, 11) is 0. The maximum atomic E-state index is 5.55. The summed E-state index contributed by atoms with van der Waals surface area (Å²) < 4.78 is 6.18. The van der Waals surface area contributed by atoms with E-state index in [1.807, 2.05) is 24.3 Å². The Kier molecular flexibility index (Phi) is 1.90.